The van der Waals surface area contributed by atoms with Crippen molar-refractivity contribution < 1.29 is 14.3 Å². The van der Waals surface area contributed by atoms with E-state index < -0.39 is 5.54 Å². The van der Waals surface area contributed by atoms with E-state index in [0.717, 1.165) is 17.7 Å². The van der Waals surface area contributed by atoms with Gasteiger partial charge in [0.15, 0.2) is 0 Å². The number of carbonyl (C=O) groups is 1. The average Bonchev–Trinajstić information content (AvgIpc) is 2.51. The average molecular weight is 279 g/mol. The van der Waals surface area contributed by atoms with Crippen molar-refractivity contribution in [1.82, 2.24) is 5.32 Å². The minimum Gasteiger partial charge on any atom is -0.497 e. The number of hydrogen-bond donors (Lipinski definition) is 1. The van der Waals surface area contributed by atoms with Gasteiger partial charge >= 0.3 is 5.97 Å². The second kappa shape index (κ2) is 7.29. The summed E-state index contributed by atoms with van der Waals surface area (Å²) in [5.41, 5.74) is 0.0872. The topological polar surface area (TPSA) is 47.6 Å². The molecule has 0 aliphatic heterocycles. The maximum Gasteiger partial charge on any atom is 0.330 e. The molecule has 0 spiro atoms. The highest BCUT2D eigenvalue weighted by Crippen LogP contribution is 2.29. The Hall–Kier alpha value is -1.55. The Morgan fingerprint density at radius 1 is 1.25 bits per heavy atom. The molecule has 0 amide bonds. The maximum atomic E-state index is 12.4. The molecule has 1 aromatic carbocycles. The van der Waals surface area contributed by atoms with Crippen molar-refractivity contribution in [3.63, 3.8) is 0 Å². The Bertz CT molecular complexity index is 430. The van der Waals surface area contributed by atoms with E-state index in [9.17, 15) is 4.79 Å². The molecular weight excluding hydrogens is 254 g/mol. The largest absolute Gasteiger partial charge is 0.497 e. The van der Waals surface area contributed by atoms with Gasteiger partial charge < -0.3 is 9.47 Å². The second-order valence-electron chi connectivity index (χ2n) is 4.93. The van der Waals surface area contributed by atoms with E-state index in [-0.39, 0.29) is 12.0 Å². The van der Waals surface area contributed by atoms with Gasteiger partial charge in [0.1, 0.15) is 11.3 Å². The van der Waals surface area contributed by atoms with E-state index in [1.165, 1.54) is 7.11 Å². The standard InChI is InChI=1S/C16H25NO3/c1-6-12(3)17-16(7-2,15(18)20-5)13-8-10-14(19-4)11-9-13/h8-12,17H,6-7H2,1-5H3. The van der Waals surface area contributed by atoms with Crippen LogP contribution in [-0.4, -0.2) is 26.2 Å². The predicted octanol–water partition coefficient (Wildman–Crippen LogP) is 2.86. The molecule has 1 aromatic rings. The second-order valence-corrected chi connectivity index (χ2v) is 4.93. The first kappa shape index (κ1) is 16.5. The van der Waals surface area contributed by atoms with E-state index in [1.54, 1.807) is 7.11 Å². The molecule has 2 atom stereocenters. The van der Waals surface area contributed by atoms with Gasteiger partial charge in [0, 0.05) is 6.04 Å². The molecule has 4 nitrogen and oxygen atoms in total. The summed E-state index contributed by atoms with van der Waals surface area (Å²) in [6.45, 7) is 6.14. The van der Waals surface area contributed by atoms with E-state index in [4.69, 9.17) is 9.47 Å². The summed E-state index contributed by atoms with van der Waals surface area (Å²) in [7, 11) is 3.05. The van der Waals surface area contributed by atoms with Crippen LogP contribution in [0.3, 0.4) is 0 Å². The van der Waals surface area contributed by atoms with Gasteiger partial charge in [0.05, 0.1) is 14.2 Å². The number of nitrogens with one attached hydrogen (secondary N) is 1. The molecule has 1 N–H and O–H groups in total. The molecule has 0 bridgehead atoms. The summed E-state index contributed by atoms with van der Waals surface area (Å²) in [4.78, 5) is 12.4. The number of rotatable bonds is 7. The van der Waals surface area contributed by atoms with Crippen LogP contribution in [-0.2, 0) is 15.1 Å². The highest BCUT2D eigenvalue weighted by Gasteiger charge is 2.40. The number of hydrogen-bond acceptors (Lipinski definition) is 4. The molecule has 0 radical (unpaired) electrons. The van der Waals surface area contributed by atoms with Gasteiger partial charge in [0.25, 0.3) is 0 Å². The summed E-state index contributed by atoms with van der Waals surface area (Å²) in [6, 6.07) is 7.77. The lowest BCUT2D eigenvalue weighted by Gasteiger charge is -2.34. The van der Waals surface area contributed by atoms with Crippen LogP contribution >= 0.6 is 0 Å². The summed E-state index contributed by atoms with van der Waals surface area (Å²) in [5, 5.41) is 3.42. The van der Waals surface area contributed by atoms with E-state index in [2.05, 4.69) is 19.2 Å². The zero-order valence-electron chi connectivity index (χ0n) is 13.0. The minimum atomic E-state index is -0.809. The van der Waals surface area contributed by atoms with Crippen LogP contribution in [0.1, 0.15) is 39.2 Å². The van der Waals surface area contributed by atoms with Crippen molar-refractivity contribution in [2.75, 3.05) is 14.2 Å². The first-order chi connectivity index (χ1) is 9.53. The number of ether oxygens (including phenoxy) is 2. The van der Waals surface area contributed by atoms with E-state index >= 15 is 0 Å². The number of esters is 1. The Morgan fingerprint density at radius 3 is 2.25 bits per heavy atom. The van der Waals surface area contributed by atoms with Gasteiger partial charge in [0.2, 0.25) is 0 Å². The Balaban J connectivity index is 3.22. The number of carbonyl (C=O) groups excluding carboxylic acids is 1. The fourth-order valence-corrected chi connectivity index (χ4v) is 2.28. The Kier molecular flexibility index (Phi) is 6.02. The van der Waals surface area contributed by atoms with Crippen molar-refractivity contribution in [2.45, 2.75) is 45.2 Å². The third-order valence-electron chi connectivity index (χ3n) is 3.75. The molecule has 20 heavy (non-hydrogen) atoms. The van der Waals surface area contributed by atoms with Crippen LogP contribution in [0, 0.1) is 0 Å². The van der Waals surface area contributed by atoms with Gasteiger partial charge in [-0.1, -0.05) is 26.0 Å². The first-order valence-corrected chi connectivity index (χ1v) is 7.04. The van der Waals surface area contributed by atoms with Crippen molar-refractivity contribution in [1.29, 1.82) is 0 Å². The lowest BCUT2D eigenvalue weighted by molar-refractivity contribution is -0.149. The zero-order valence-corrected chi connectivity index (χ0v) is 13.0. The highest BCUT2D eigenvalue weighted by atomic mass is 16.5. The molecule has 4 heteroatoms. The molecule has 0 heterocycles. The van der Waals surface area contributed by atoms with Crippen molar-refractivity contribution in [3.05, 3.63) is 29.8 Å². The predicted molar refractivity (Wildman–Crippen MR) is 79.9 cm³/mol. The van der Waals surface area contributed by atoms with Crippen LogP contribution in [0.25, 0.3) is 0 Å². The maximum absolute atomic E-state index is 12.4. The van der Waals surface area contributed by atoms with Crippen LogP contribution in [0.2, 0.25) is 0 Å². The highest BCUT2D eigenvalue weighted by molar-refractivity contribution is 5.82. The first-order valence-electron chi connectivity index (χ1n) is 7.04. The van der Waals surface area contributed by atoms with Crippen molar-refractivity contribution in [3.8, 4) is 5.75 Å². The molecule has 2 unspecified atom stereocenters. The van der Waals surface area contributed by atoms with Crippen LogP contribution < -0.4 is 10.1 Å². The third-order valence-corrected chi connectivity index (χ3v) is 3.75. The number of methoxy groups -OCH3 is 2. The van der Waals surface area contributed by atoms with Gasteiger partial charge in [-0.3, -0.25) is 5.32 Å². The fraction of sp³-hybridized carbons (Fsp3) is 0.562. The van der Waals surface area contributed by atoms with Gasteiger partial charge in [-0.25, -0.2) is 4.79 Å². The van der Waals surface area contributed by atoms with Gasteiger partial charge in [-0.2, -0.15) is 0 Å². The summed E-state index contributed by atoms with van der Waals surface area (Å²) < 4.78 is 10.2. The molecule has 0 saturated carbocycles. The van der Waals surface area contributed by atoms with Gasteiger partial charge in [-0.15, -0.1) is 0 Å². The van der Waals surface area contributed by atoms with E-state index in [1.807, 2.05) is 31.2 Å². The third kappa shape index (κ3) is 3.31. The smallest absolute Gasteiger partial charge is 0.330 e. The lowest BCUT2D eigenvalue weighted by Crippen LogP contribution is -2.52. The SMILES string of the molecule is CCC(C)NC(CC)(C(=O)OC)c1ccc(OC)cc1. The molecule has 112 valence electrons. The molecule has 0 saturated heterocycles. The molecular formula is C16H25NO3. The Morgan fingerprint density at radius 2 is 1.85 bits per heavy atom. The van der Waals surface area contributed by atoms with Gasteiger partial charge in [-0.05, 0) is 37.5 Å². The Labute approximate surface area is 121 Å². The van der Waals surface area contributed by atoms with Crippen LogP contribution in [0.15, 0.2) is 24.3 Å². The molecule has 0 aliphatic rings. The normalized spacial score (nSPS) is 15.2. The summed E-state index contributed by atoms with van der Waals surface area (Å²) >= 11 is 0. The van der Waals surface area contributed by atoms with Crippen molar-refractivity contribution in [2.24, 2.45) is 0 Å². The summed E-state index contributed by atoms with van der Waals surface area (Å²) in [6.07, 6.45) is 1.56. The number of benzene rings is 1. The van der Waals surface area contributed by atoms with Crippen LogP contribution in [0.5, 0.6) is 5.75 Å². The fourth-order valence-electron chi connectivity index (χ4n) is 2.28. The molecule has 1 rings (SSSR count). The lowest BCUT2D eigenvalue weighted by atomic mass is 9.86. The van der Waals surface area contributed by atoms with E-state index in [0.29, 0.717) is 6.42 Å². The quantitative estimate of drug-likeness (QED) is 0.780. The van der Waals surface area contributed by atoms with Crippen molar-refractivity contribution >= 4 is 5.97 Å². The molecule has 0 aliphatic carbocycles. The minimum absolute atomic E-state index is 0.219. The zero-order chi connectivity index (χ0) is 15.2. The summed E-state index contributed by atoms with van der Waals surface area (Å²) in [5.74, 6) is 0.512. The molecule has 0 fully saturated rings. The monoisotopic (exact) mass is 279 g/mol. The molecule has 0 aromatic heterocycles. The van der Waals surface area contributed by atoms with Crippen LogP contribution in [0.4, 0.5) is 0 Å².